The van der Waals surface area contributed by atoms with E-state index in [1.54, 1.807) is 37.3 Å². The first-order valence-corrected chi connectivity index (χ1v) is 8.92. The van der Waals surface area contributed by atoms with Crippen LogP contribution in [-0.4, -0.2) is 28.6 Å². The van der Waals surface area contributed by atoms with Crippen molar-refractivity contribution in [3.05, 3.63) is 69.0 Å². The summed E-state index contributed by atoms with van der Waals surface area (Å²) in [6.07, 6.45) is 1.39. The van der Waals surface area contributed by atoms with Crippen LogP contribution in [0.4, 0.5) is 5.82 Å². The number of hydrogen-bond donors (Lipinski definition) is 1. The van der Waals surface area contributed by atoms with Crippen LogP contribution in [-0.2, 0) is 14.3 Å². The van der Waals surface area contributed by atoms with Crippen molar-refractivity contribution in [1.29, 1.82) is 0 Å². The number of aliphatic hydroxyl groups excluding tert-OH is 1. The smallest absolute Gasteiger partial charge is 0.340 e. The van der Waals surface area contributed by atoms with Gasteiger partial charge in [-0.15, -0.1) is 0 Å². The second-order valence-corrected chi connectivity index (χ2v) is 6.80. The number of carbonyl (C=O) groups excluding carboxylic acids is 2. The molecule has 1 aliphatic rings. The average Bonchev–Trinajstić information content (AvgIpc) is 2.88. The molecular weight excluding hydrogens is 424 g/mol. The van der Waals surface area contributed by atoms with Crippen molar-refractivity contribution < 1.29 is 19.4 Å². The number of rotatable bonds is 4. The minimum atomic E-state index is -0.868. The highest BCUT2D eigenvalue weighted by Crippen LogP contribution is 2.41. The van der Waals surface area contributed by atoms with Crippen molar-refractivity contribution in [2.75, 3.05) is 11.5 Å². The van der Waals surface area contributed by atoms with Crippen LogP contribution in [0.3, 0.4) is 0 Å². The Kier molecular flexibility index (Phi) is 5.29. The fourth-order valence-electron chi connectivity index (χ4n) is 2.76. The Labute approximate surface area is 163 Å². The predicted molar refractivity (Wildman–Crippen MR) is 99.9 cm³/mol. The Balaban J connectivity index is 2.16. The van der Waals surface area contributed by atoms with Crippen molar-refractivity contribution in [2.24, 2.45) is 0 Å². The normalized spacial score (nSPS) is 17.0. The third-order valence-corrected chi connectivity index (χ3v) is 4.54. The van der Waals surface area contributed by atoms with Crippen molar-refractivity contribution >= 4 is 45.2 Å². The zero-order chi connectivity index (χ0) is 18.8. The molecule has 0 saturated heterocycles. The summed E-state index contributed by atoms with van der Waals surface area (Å²) < 4.78 is 5.81. The first kappa shape index (κ1) is 18.4. The van der Waals surface area contributed by atoms with Crippen molar-refractivity contribution in [1.82, 2.24) is 4.98 Å². The van der Waals surface area contributed by atoms with Crippen LogP contribution in [0.2, 0.25) is 5.02 Å². The average molecular weight is 438 g/mol. The lowest BCUT2D eigenvalue weighted by molar-refractivity contribution is -0.139. The molecule has 2 heterocycles. The highest BCUT2D eigenvalue weighted by molar-refractivity contribution is 9.10. The van der Waals surface area contributed by atoms with Crippen molar-refractivity contribution in [2.45, 2.75) is 13.0 Å². The van der Waals surface area contributed by atoms with Gasteiger partial charge in [0.25, 0.3) is 5.91 Å². The predicted octanol–water partition coefficient (Wildman–Crippen LogP) is 3.96. The van der Waals surface area contributed by atoms with E-state index in [1.807, 2.05) is 6.07 Å². The fourth-order valence-corrected chi connectivity index (χ4v) is 3.29. The number of anilines is 1. The summed E-state index contributed by atoms with van der Waals surface area (Å²) in [7, 11) is 0. The van der Waals surface area contributed by atoms with Crippen molar-refractivity contribution in [3.63, 3.8) is 0 Å². The number of carbonyl (C=O) groups is 2. The summed E-state index contributed by atoms with van der Waals surface area (Å²) in [4.78, 5) is 30.5. The van der Waals surface area contributed by atoms with E-state index in [2.05, 4.69) is 20.9 Å². The van der Waals surface area contributed by atoms with Gasteiger partial charge in [-0.05, 0) is 36.8 Å². The lowest BCUT2D eigenvalue weighted by Gasteiger charge is -2.25. The largest absolute Gasteiger partial charge is 0.503 e. The molecule has 134 valence electrons. The molecule has 0 bridgehead atoms. The number of pyridine rings is 1. The van der Waals surface area contributed by atoms with Gasteiger partial charge < -0.3 is 9.84 Å². The van der Waals surface area contributed by atoms with E-state index in [0.717, 1.165) is 4.47 Å². The number of aliphatic hydroxyl groups is 1. The van der Waals surface area contributed by atoms with Crippen molar-refractivity contribution in [3.8, 4) is 0 Å². The molecule has 0 radical (unpaired) electrons. The van der Waals surface area contributed by atoms with Crippen LogP contribution in [0.25, 0.3) is 0 Å². The summed E-state index contributed by atoms with van der Waals surface area (Å²) in [5.74, 6) is -1.87. The van der Waals surface area contributed by atoms with E-state index < -0.39 is 23.7 Å². The molecule has 3 rings (SSSR count). The third kappa shape index (κ3) is 3.32. The van der Waals surface area contributed by atoms with Gasteiger partial charge in [0, 0.05) is 10.7 Å². The quantitative estimate of drug-likeness (QED) is 0.732. The summed E-state index contributed by atoms with van der Waals surface area (Å²) in [5, 5.41) is 10.8. The van der Waals surface area contributed by atoms with E-state index in [1.165, 1.54) is 11.1 Å². The number of ether oxygens (including phenoxy) is 1. The molecular formula is C18H14BrClN2O4. The van der Waals surface area contributed by atoms with Gasteiger partial charge in [0.2, 0.25) is 0 Å². The number of halogens is 2. The highest BCUT2D eigenvalue weighted by Gasteiger charge is 2.45. The lowest BCUT2D eigenvalue weighted by Crippen LogP contribution is -2.32. The van der Waals surface area contributed by atoms with Gasteiger partial charge in [-0.25, -0.2) is 9.78 Å². The van der Waals surface area contributed by atoms with Gasteiger partial charge in [-0.3, -0.25) is 9.69 Å². The van der Waals surface area contributed by atoms with Crippen LogP contribution >= 0.6 is 27.5 Å². The molecule has 1 aromatic heterocycles. The van der Waals surface area contributed by atoms with Crippen LogP contribution in [0, 0.1) is 0 Å². The van der Waals surface area contributed by atoms with E-state index in [-0.39, 0.29) is 18.0 Å². The van der Waals surface area contributed by atoms with E-state index in [0.29, 0.717) is 10.6 Å². The topological polar surface area (TPSA) is 79.7 Å². The second kappa shape index (κ2) is 7.47. The lowest BCUT2D eigenvalue weighted by atomic mass is 9.99. The Morgan fingerprint density at radius 1 is 1.38 bits per heavy atom. The molecule has 1 N–H and O–H groups in total. The van der Waals surface area contributed by atoms with Gasteiger partial charge in [0.1, 0.15) is 17.4 Å². The SMILES string of the molecule is CCOC(=O)C1=C(O)C(=O)N(c2ccc(Cl)cn2)C1c1cccc(Br)c1. The Morgan fingerprint density at radius 2 is 2.15 bits per heavy atom. The number of aromatic nitrogens is 1. The molecule has 0 spiro atoms. The molecule has 26 heavy (non-hydrogen) atoms. The van der Waals surface area contributed by atoms with Crippen LogP contribution in [0.5, 0.6) is 0 Å². The summed E-state index contributed by atoms with van der Waals surface area (Å²) in [6, 6.07) is 9.37. The van der Waals surface area contributed by atoms with Crippen LogP contribution < -0.4 is 4.90 Å². The minimum Gasteiger partial charge on any atom is -0.503 e. The number of amides is 1. The first-order valence-electron chi connectivity index (χ1n) is 7.75. The maximum Gasteiger partial charge on any atom is 0.340 e. The Bertz CT molecular complexity index is 898. The molecule has 6 nitrogen and oxygen atoms in total. The number of hydrogen-bond acceptors (Lipinski definition) is 5. The maximum absolute atomic E-state index is 12.7. The number of nitrogens with zero attached hydrogens (tertiary/aromatic N) is 2. The molecule has 1 atom stereocenters. The second-order valence-electron chi connectivity index (χ2n) is 5.45. The zero-order valence-corrected chi connectivity index (χ0v) is 16.0. The third-order valence-electron chi connectivity index (χ3n) is 3.83. The van der Waals surface area contributed by atoms with Gasteiger partial charge >= 0.3 is 5.97 Å². The van der Waals surface area contributed by atoms with E-state index in [4.69, 9.17) is 16.3 Å². The molecule has 0 aliphatic carbocycles. The molecule has 1 unspecified atom stereocenters. The van der Waals surface area contributed by atoms with E-state index >= 15 is 0 Å². The fraction of sp³-hybridized carbons (Fsp3) is 0.167. The highest BCUT2D eigenvalue weighted by atomic mass is 79.9. The molecule has 8 heteroatoms. The number of esters is 1. The molecule has 2 aromatic rings. The van der Waals surface area contributed by atoms with Crippen LogP contribution in [0.1, 0.15) is 18.5 Å². The minimum absolute atomic E-state index is 0.119. The standard InChI is InChI=1S/C18H14BrClN2O4/c1-2-26-18(25)14-15(10-4-3-5-11(19)8-10)22(17(24)16(14)23)13-7-6-12(20)9-21-13/h3-9,15,23H,2H2,1H3. The molecule has 0 saturated carbocycles. The Hall–Kier alpha value is -2.38. The molecule has 1 aliphatic heterocycles. The maximum atomic E-state index is 12.7. The van der Waals surface area contributed by atoms with Gasteiger partial charge in [0.05, 0.1) is 11.6 Å². The van der Waals surface area contributed by atoms with E-state index in [9.17, 15) is 14.7 Å². The van der Waals surface area contributed by atoms with Crippen LogP contribution in [0.15, 0.2) is 58.4 Å². The summed E-state index contributed by atoms with van der Waals surface area (Å²) in [6.45, 7) is 1.77. The zero-order valence-electron chi connectivity index (χ0n) is 13.6. The molecule has 1 aromatic carbocycles. The summed E-state index contributed by atoms with van der Waals surface area (Å²) >= 11 is 9.25. The van der Waals surface area contributed by atoms with Gasteiger partial charge in [0.15, 0.2) is 5.76 Å². The summed E-state index contributed by atoms with van der Waals surface area (Å²) in [5.41, 5.74) is 0.503. The molecule has 1 amide bonds. The first-order chi connectivity index (χ1) is 12.4. The molecule has 0 fully saturated rings. The van der Waals surface area contributed by atoms with Gasteiger partial charge in [-0.2, -0.15) is 0 Å². The monoisotopic (exact) mass is 436 g/mol. The van der Waals surface area contributed by atoms with Gasteiger partial charge in [-0.1, -0.05) is 39.7 Å². The number of benzene rings is 1. The Morgan fingerprint density at radius 3 is 2.77 bits per heavy atom.